The van der Waals surface area contributed by atoms with E-state index in [0.29, 0.717) is 5.56 Å². The number of thiazole rings is 1. The second-order valence-electron chi connectivity index (χ2n) is 4.06. The molecule has 5 heteroatoms. The normalized spacial score (nSPS) is 12.6. The summed E-state index contributed by atoms with van der Waals surface area (Å²) in [4.78, 5) is 4.19. The van der Waals surface area contributed by atoms with Gasteiger partial charge in [-0.2, -0.15) is 0 Å². The largest absolute Gasteiger partial charge is 0.508 e. The lowest BCUT2D eigenvalue weighted by atomic mass is 10.1. The molecule has 3 nitrogen and oxygen atoms in total. The molecule has 2 rings (SSSR count). The number of nitrogens with zero attached hydrogens (tertiary/aromatic N) is 1. The summed E-state index contributed by atoms with van der Waals surface area (Å²) in [6.07, 6.45) is 2.62. The van der Waals surface area contributed by atoms with E-state index in [4.69, 9.17) is 5.11 Å². The Morgan fingerprint density at radius 3 is 3.00 bits per heavy atom. The van der Waals surface area contributed by atoms with Crippen molar-refractivity contribution in [2.24, 2.45) is 0 Å². The number of phenols is 1. The predicted octanol–water partition coefficient (Wildman–Crippen LogP) is 2.88. The van der Waals surface area contributed by atoms with Gasteiger partial charge in [0, 0.05) is 42.2 Å². The van der Waals surface area contributed by atoms with Crippen LogP contribution in [0.5, 0.6) is 5.75 Å². The molecule has 1 aromatic carbocycles. The molecule has 1 aromatic heterocycles. The number of aromatic hydroxyl groups is 1. The summed E-state index contributed by atoms with van der Waals surface area (Å²) in [6, 6.07) is 4.14. The van der Waals surface area contributed by atoms with Crippen molar-refractivity contribution in [2.45, 2.75) is 19.4 Å². The Labute approximate surface area is 109 Å². The summed E-state index contributed by atoms with van der Waals surface area (Å²) in [7, 11) is 0. The fourth-order valence-corrected chi connectivity index (χ4v) is 2.37. The lowest BCUT2D eigenvalue weighted by molar-refractivity contribution is 0.464. The zero-order valence-electron chi connectivity index (χ0n) is 10.1. The smallest absolute Gasteiger partial charge is 0.131 e. The number of hydrogen-bond acceptors (Lipinski definition) is 4. The van der Waals surface area contributed by atoms with Crippen LogP contribution in [0, 0.1) is 5.82 Å². The molecule has 18 heavy (non-hydrogen) atoms. The first-order valence-electron chi connectivity index (χ1n) is 5.77. The van der Waals surface area contributed by atoms with Gasteiger partial charge in [-0.3, -0.25) is 0 Å². The van der Waals surface area contributed by atoms with E-state index < -0.39 is 0 Å². The van der Waals surface area contributed by atoms with E-state index in [1.807, 2.05) is 12.3 Å². The predicted molar refractivity (Wildman–Crippen MR) is 70.3 cm³/mol. The second-order valence-corrected chi connectivity index (χ2v) is 5.04. The highest BCUT2D eigenvalue weighted by Gasteiger charge is 2.10. The molecule has 0 amide bonds. The van der Waals surface area contributed by atoms with Crippen molar-refractivity contribution in [2.75, 3.05) is 6.54 Å². The number of hydrogen-bond donors (Lipinski definition) is 2. The molecule has 2 aromatic rings. The van der Waals surface area contributed by atoms with Crippen LogP contribution in [-0.2, 0) is 6.42 Å². The summed E-state index contributed by atoms with van der Waals surface area (Å²) in [5.74, 6) is -0.435. The number of rotatable bonds is 5. The first kappa shape index (κ1) is 13.0. The maximum absolute atomic E-state index is 13.6. The Bertz CT molecular complexity index is 502. The minimum atomic E-state index is -0.385. The van der Waals surface area contributed by atoms with Gasteiger partial charge in [-0.1, -0.05) is 6.07 Å². The van der Waals surface area contributed by atoms with Crippen LogP contribution in [0.25, 0.3) is 0 Å². The molecule has 0 aliphatic heterocycles. The van der Waals surface area contributed by atoms with Crippen molar-refractivity contribution in [3.63, 3.8) is 0 Å². The minimum absolute atomic E-state index is 0.0498. The molecule has 1 heterocycles. The molecule has 96 valence electrons. The number of aromatic nitrogens is 1. The van der Waals surface area contributed by atoms with E-state index in [2.05, 4.69) is 10.3 Å². The molecule has 1 unspecified atom stereocenters. The van der Waals surface area contributed by atoms with Gasteiger partial charge in [-0.25, -0.2) is 9.37 Å². The van der Waals surface area contributed by atoms with E-state index in [1.165, 1.54) is 6.07 Å². The lowest BCUT2D eigenvalue weighted by Gasteiger charge is -2.14. The molecule has 1 atom stereocenters. The molecule has 0 aliphatic rings. The van der Waals surface area contributed by atoms with Crippen LogP contribution in [0.1, 0.15) is 23.5 Å². The van der Waals surface area contributed by atoms with E-state index in [-0.39, 0.29) is 17.6 Å². The molecule has 0 radical (unpaired) electrons. The van der Waals surface area contributed by atoms with Crippen molar-refractivity contribution in [1.29, 1.82) is 0 Å². The molecule has 0 bridgehead atoms. The van der Waals surface area contributed by atoms with E-state index in [0.717, 1.165) is 24.0 Å². The number of phenolic OH excluding ortho intramolecular Hbond substituents is 1. The van der Waals surface area contributed by atoms with Gasteiger partial charge in [0.05, 0.1) is 5.01 Å². The summed E-state index contributed by atoms with van der Waals surface area (Å²) < 4.78 is 13.6. The Balaban J connectivity index is 1.89. The second kappa shape index (κ2) is 5.93. The molecule has 2 N–H and O–H groups in total. The highest BCUT2D eigenvalue weighted by molar-refractivity contribution is 7.09. The van der Waals surface area contributed by atoms with Crippen molar-refractivity contribution in [1.82, 2.24) is 10.3 Å². The topological polar surface area (TPSA) is 45.2 Å². The average Bonchev–Trinajstić information content (AvgIpc) is 2.81. The van der Waals surface area contributed by atoms with Gasteiger partial charge in [0.15, 0.2) is 0 Å². The zero-order chi connectivity index (χ0) is 13.0. The van der Waals surface area contributed by atoms with Crippen LogP contribution in [-0.4, -0.2) is 16.6 Å². The van der Waals surface area contributed by atoms with Crippen LogP contribution in [0.15, 0.2) is 29.8 Å². The van der Waals surface area contributed by atoms with E-state index in [1.54, 1.807) is 23.6 Å². The highest BCUT2D eigenvalue weighted by atomic mass is 32.1. The maximum Gasteiger partial charge on any atom is 0.131 e. The van der Waals surface area contributed by atoms with Crippen LogP contribution >= 0.6 is 11.3 Å². The third-order valence-corrected chi connectivity index (χ3v) is 3.56. The number of halogens is 1. The third kappa shape index (κ3) is 3.27. The van der Waals surface area contributed by atoms with Gasteiger partial charge < -0.3 is 10.4 Å². The van der Waals surface area contributed by atoms with Gasteiger partial charge in [0.1, 0.15) is 11.6 Å². The van der Waals surface area contributed by atoms with E-state index in [9.17, 15) is 4.39 Å². The summed E-state index contributed by atoms with van der Waals surface area (Å²) >= 11 is 1.62. The molecule has 0 saturated heterocycles. The van der Waals surface area contributed by atoms with Crippen molar-refractivity contribution in [3.8, 4) is 5.75 Å². The monoisotopic (exact) mass is 266 g/mol. The van der Waals surface area contributed by atoms with Gasteiger partial charge in [-0.05, 0) is 13.0 Å². The number of benzene rings is 1. The maximum atomic E-state index is 13.6. The van der Waals surface area contributed by atoms with Crippen LogP contribution in [0.2, 0.25) is 0 Å². The lowest BCUT2D eigenvalue weighted by Crippen LogP contribution is -2.22. The summed E-state index contributed by atoms with van der Waals surface area (Å²) in [5.41, 5.74) is 0.562. The van der Waals surface area contributed by atoms with E-state index >= 15 is 0 Å². The molecular formula is C13H15FN2OS. The average molecular weight is 266 g/mol. The minimum Gasteiger partial charge on any atom is -0.508 e. The zero-order valence-corrected chi connectivity index (χ0v) is 10.9. The standard InChI is InChI=1S/C13H15FN2OS/c1-9(11-3-2-10(17)8-12(11)14)15-5-4-13-16-6-7-18-13/h2-3,6-9,15,17H,4-5H2,1H3. The van der Waals surface area contributed by atoms with Crippen molar-refractivity contribution in [3.05, 3.63) is 46.2 Å². The SMILES string of the molecule is CC(NCCc1nccs1)c1ccc(O)cc1F. The fourth-order valence-electron chi connectivity index (χ4n) is 1.75. The van der Waals surface area contributed by atoms with Gasteiger partial charge >= 0.3 is 0 Å². The first-order chi connectivity index (χ1) is 8.66. The van der Waals surface area contributed by atoms with Crippen molar-refractivity contribution >= 4 is 11.3 Å². The quantitative estimate of drug-likeness (QED) is 0.874. The fraction of sp³-hybridized carbons (Fsp3) is 0.308. The Hall–Kier alpha value is -1.46. The first-order valence-corrected chi connectivity index (χ1v) is 6.65. The Morgan fingerprint density at radius 1 is 1.50 bits per heavy atom. The molecule has 0 fully saturated rings. The highest BCUT2D eigenvalue weighted by Crippen LogP contribution is 2.20. The number of nitrogens with one attached hydrogen (secondary N) is 1. The van der Waals surface area contributed by atoms with Gasteiger partial charge in [0.2, 0.25) is 0 Å². The molecule has 0 spiro atoms. The molecule has 0 aliphatic carbocycles. The van der Waals surface area contributed by atoms with Gasteiger partial charge in [0.25, 0.3) is 0 Å². The van der Waals surface area contributed by atoms with Gasteiger partial charge in [-0.15, -0.1) is 11.3 Å². The van der Waals surface area contributed by atoms with Crippen LogP contribution in [0.3, 0.4) is 0 Å². The van der Waals surface area contributed by atoms with Crippen LogP contribution in [0.4, 0.5) is 4.39 Å². The van der Waals surface area contributed by atoms with Crippen LogP contribution < -0.4 is 5.32 Å². The Kier molecular flexibility index (Phi) is 4.28. The van der Waals surface area contributed by atoms with Crippen molar-refractivity contribution < 1.29 is 9.50 Å². The summed E-state index contributed by atoms with van der Waals surface area (Å²) in [5, 5.41) is 15.4. The summed E-state index contributed by atoms with van der Waals surface area (Å²) in [6.45, 7) is 2.65. The Morgan fingerprint density at radius 2 is 2.33 bits per heavy atom. The molecular weight excluding hydrogens is 251 g/mol. The third-order valence-electron chi connectivity index (χ3n) is 2.72. The molecule has 0 saturated carbocycles.